The number of hydrogen-bond donors (Lipinski definition) is 1. The van der Waals surface area contributed by atoms with Gasteiger partial charge < -0.3 is 5.32 Å². The minimum Gasteiger partial charge on any atom is -0.350 e. The Balaban J connectivity index is 1.45. The molecule has 0 bridgehead atoms. The van der Waals surface area contributed by atoms with E-state index >= 15 is 0 Å². The van der Waals surface area contributed by atoms with E-state index in [1.165, 1.54) is 18.5 Å². The van der Waals surface area contributed by atoms with Crippen molar-refractivity contribution in [3.63, 3.8) is 0 Å². The molecule has 3 aromatic rings. The topological polar surface area (TPSA) is 72.7 Å². The van der Waals surface area contributed by atoms with Crippen LogP contribution in [-0.4, -0.2) is 32.2 Å². The highest BCUT2D eigenvalue weighted by Crippen LogP contribution is 2.41. The van der Waals surface area contributed by atoms with Gasteiger partial charge in [0.25, 0.3) is 5.91 Å². The van der Waals surface area contributed by atoms with Crippen molar-refractivity contribution in [3.8, 4) is 11.4 Å². The van der Waals surface area contributed by atoms with E-state index in [0.29, 0.717) is 24.6 Å². The van der Waals surface area contributed by atoms with E-state index in [2.05, 4.69) is 21.4 Å². The number of pyridine rings is 2. The van der Waals surface area contributed by atoms with Crippen LogP contribution in [0.5, 0.6) is 0 Å². The van der Waals surface area contributed by atoms with Crippen molar-refractivity contribution in [2.24, 2.45) is 0 Å². The molecule has 1 aliphatic rings. The average molecular weight is 333 g/mol. The summed E-state index contributed by atoms with van der Waals surface area (Å²) in [5, 5.41) is 7.64. The first-order chi connectivity index (χ1) is 12.3. The third-order valence-electron chi connectivity index (χ3n) is 4.29. The van der Waals surface area contributed by atoms with E-state index in [-0.39, 0.29) is 5.91 Å². The molecule has 1 saturated carbocycles. The molecule has 0 saturated heterocycles. The summed E-state index contributed by atoms with van der Waals surface area (Å²) in [6.45, 7) is 1.18. The molecule has 0 unspecified atom stereocenters. The van der Waals surface area contributed by atoms with Crippen LogP contribution in [0.15, 0.2) is 55.0 Å². The number of hydrogen-bond acceptors (Lipinski definition) is 4. The zero-order valence-electron chi connectivity index (χ0n) is 13.8. The lowest BCUT2D eigenvalue weighted by Gasteiger charge is -2.08. The molecule has 3 aromatic heterocycles. The van der Waals surface area contributed by atoms with Crippen molar-refractivity contribution in [1.82, 2.24) is 25.1 Å². The maximum absolute atomic E-state index is 12.1. The Bertz CT molecular complexity index is 856. The van der Waals surface area contributed by atoms with Gasteiger partial charge in [0.05, 0.1) is 12.2 Å². The van der Waals surface area contributed by atoms with Gasteiger partial charge in [0.15, 0.2) is 0 Å². The summed E-state index contributed by atoms with van der Waals surface area (Å²) in [7, 11) is 0. The van der Waals surface area contributed by atoms with E-state index < -0.39 is 0 Å². The van der Waals surface area contributed by atoms with Gasteiger partial charge in [-0.15, -0.1) is 0 Å². The van der Waals surface area contributed by atoms with Crippen molar-refractivity contribution in [2.45, 2.75) is 25.3 Å². The van der Waals surface area contributed by atoms with E-state index in [0.717, 1.165) is 11.4 Å². The van der Waals surface area contributed by atoms with Gasteiger partial charge >= 0.3 is 0 Å². The van der Waals surface area contributed by atoms with Crippen LogP contribution in [0.25, 0.3) is 11.4 Å². The van der Waals surface area contributed by atoms with Gasteiger partial charge in [-0.3, -0.25) is 19.4 Å². The molecule has 4 rings (SSSR count). The molecule has 1 amide bonds. The number of nitrogens with zero attached hydrogens (tertiary/aromatic N) is 4. The van der Waals surface area contributed by atoms with Crippen LogP contribution in [0.1, 0.15) is 34.8 Å². The minimum absolute atomic E-state index is 0.0903. The van der Waals surface area contributed by atoms with Crippen LogP contribution in [0.4, 0.5) is 0 Å². The molecular formula is C19H19N5O. The number of nitrogens with one attached hydrogen (secondary N) is 1. The highest BCUT2D eigenvalue weighted by atomic mass is 16.1. The molecule has 3 heterocycles. The number of carbonyl (C=O) groups excluding carboxylic acids is 1. The zero-order chi connectivity index (χ0) is 17.1. The number of carbonyl (C=O) groups is 1. The van der Waals surface area contributed by atoms with E-state index in [1.54, 1.807) is 30.7 Å². The zero-order valence-corrected chi connectivity index (χ0v) is 13.8. The van der Waals surface area contributed by atoms with Crippen molar-refractivity contribution in [3.05, 3.63) is 66.2 Å². The molecule has 0 aliphatic heterocycles. The molecule has 0 aromatic carbocycles. The summed E-state index contributed by atoms with van der Waals surface area (Å²) >= 11 is 0. The van der Waals surface area contributed by atoms with Gasteiger partial charge in [-0.2, -0.15) is 5.10 Å². The molecule has 6 nitrogen and oxygen atoms in total. The van der Waals surface area contributed by atoms with Crippen LogP contribution in [0.3, 0.4) is 0 Å². The Morgan fingerprint density at radius 2 is 1.96 bits per heavy atom. The average Bonchev–Trinajstić information content (AvgIpc) is 3.43. The summed E-state index contributed by atoms with van der Waals surface area (Å²) in [5.41, 5.74) is 3.62. The summed E-state index contributed by atoms with van der Waals surface area (Å²) in [6.07, 6.45) is 7.42. The van der Waals surface area contributed by atoms with Crippen LogP contribution in [0.2, 0.25) is 0 Å². The predicted octanol–water partition coefficient (Wildman–Crippen LogP) is 2.65. The first kappa shape index (κ1) is 15.5. The van der Waals surface area contributed by atoms with E-state index in [4.69, 9.17) is 5.10 Å². The van der Waals surface area contributed by atoms with Crippen LogP contribution in [-0.2, 0) is 6.54 Å². The number of rotatable bonds is 6. The third kappa shape index (κ3) is 3.57. The maximum Gasteiger partial charge on any atom is 0.251 e. The maximum atomic E-state index is 12.1. The second-order valence-electron chi connectivity index (χ2n) is 6.16. The number of aromatic nitrogens is 4. The van der Waals surface area contributed by atoms with E-state index in [9.17, 15) is 4.79 Å². The first-order valence-electron chi connectivity index (χ1n) is 8.48. The molecule has 0 radical (unpaired) electrons. The molecule has 126 valence electrons. The molecular weight excluding hydrogens is 314 g/mol. The molecule has 25 heavy (non-hydrogen) atoms. The van der Waals surface area contributed by atoms with Gasteiger partial charge in [0, 0.05) is 42.3 Å². The lowest BCUT2D eigenvalue weighted by molar-refractivity contribution is 0.0951. The molecule has 1 N–H and O–H groups in total. The molecule has 1 aliphatic carbocycles. The Kier molecular flexibility index (Phi) is 4.24. The van der Waals surface area contributed by atoms with Gasteiger partial charge in [-0.1, -0.05) is 6.07 Å². The lowest BCUT2D eigenvalue weighted by Crippen LogP contribution is -2.27. The fourth-order valence-electron chi connectivity index (χ4n) is 2.84. The Hall–Kier alpha value is -3.02. The Morgan fingerprint density at radius 3 is 2.68 bits per heavy atom. The van der Waals surface area contributed by atoms with Gasteiger partial charge in [0.1, 0.15) is 5.69 Å². The van der Waals surface area contributed by atoms with E-state index in [1.807, 2.05) is 22.9 Å². The summed E-state index contributed by atoms with van der Waals surface area (Å²) in [6, 6.07) is 11.4. The van der Waals surface area contributed by atoms with Gasteiger partial charge in [0.2, 0.25) is 0 Å². The van der Waals surface area contributed by atoms with Crippen molar-refractivity contribution in [2.75, 3.05) is 6.54 Å². The monoisotopic (exact) mass is 333 g/mol. The van der Waals surface area contributed by atoms with Gasteiger partial charge in [-0.25, -0.2) is 0 Å². The second kappa shape index (κ2) is 6.84. The van der Waals surface area contributed by atoms with Crippen molar-refractivity contribution < 1.29 is 4.79 Å². The summed E-state index contributed by atoms with van der Waals surface area (Å²) in [5.74, 6) is 0.494. The fourth-order valence-corrected chi connectivity index (χ4v) is 2.84. The molecule has 6 heteroatoms. The quantitative estimate of drug-likeness (QED) is 0.753. The first-order valence-corrected chi connectivity index (χ1v) is 8.48. The minimum atomic E-state index is -0.0903. The smallest absolute Gasteiger partial charge is 0.251 e. The Labute approximate surface area is 145 Å². The largest absolute Gasteiger partial charge is 0.350 e. The van der Waals surface area contributed by atoms with Gasteiger partial charge in [-0.05, 0) is 43.2 Å². The molecule has 1 fully saturated rings. The summed E-state index contributed by atoms with van der Waals surface area (Å²) in [4.78, 5) is 20.4. The molecule has 0 atom stereocenters. The lowest BCUT2D eigenvalue weighted by atomic mass is 10.2. The van der Waals surface area contributed by atoms with Crippen molar-refractivity contribution >= 4 is 5.91 Å². The van der Waals surface area contributed by atoms with Crippen LogP contribution >= 0.6 is 0 Å². The SMILES string of the molecule is O=C(NCCn1nc(-c2ccccn2)cc1C1CC1)c1ccncc1. The summed E-state index contributed by atoms with van der Waals surface area (Å²) < 4.78 is 2.01. The Morgan fingerprint density at radius 1 is 1.12 bits per heavy atom. The number of amides is 1. The highest BCUT2D eigenvalue weighted by Gasteiger charge is 2.28. The van der Waals surface area contributed by atoms with Crippen LogP contribution in [0, 0.1) is 0 Å². The van der Waals surface area contributed by atoms with Crippen molar-refractivity contribution in [1.29, 1.82) is 0 Å². The van der Waals surface area contributed by atoms with Crippen LogP contribution < -0.4 is 5.32 Å². The predicted molar refractivity (Wildman–Crippen MR) is 94.0 cm³/mol. The second-order valence-corrected chi connectivity index (χ2v) is 6.16. The fraction of sp³-hybridized carbons (Fsp3) is 0.263. The highest BCUT2D eigenvalue weighted by molar-refractivity contribution is 5.93. The standard InChI is InChI=1S/C19H19N5O/c25-19(15-6-9-20-10-7-15)22-11-12-24-18(14-4-5-14)13-17(23-24)16-3-1-2-8-21-16/h1-3,6-10,13-14H,4-5,11-12H2,(H,22,25). The normalized spacial score (nSPS) is 13.6. The molecule has 0 spiro atoms. The third-order valence-corrected chi connectivity index (χ3v) is 4.29.